The van der Waals surface area contributed by atoms with E-state index in [9.17, 15) is 4.79 Å². The van der Waals surface area contributed by atoms with Crippen LogP contribution in [0.4, 0.5) is 0 Å². The molecule has 1 fully saturated rings. The number of hydrogen-bond donors (Lipinski definition) is 1. The molecule has 0 saturated carbocycles. The number of rotatable bonds is 2. The number of halogens is 2. The molecule has 0 bridgehead atoms. The minimum absolute atomic E-state index is 0. The van der Waals surface area contributed by atoms with Gasteiger partial charge in [-0.05, 0) is 40.8 Å². The summed E-state index contributed by atoms with van der Waals surface area (Å²) in [4.78, 5) is 14.3. The highest BCUT2D eigenvalue weighted by Crippen LogP contribution is 2.27. The molecule has 18 heavy (non-hydrogen) atoms. The van der Waals surface area contributed by atoms with Crippen molar-refractivity contribution in [1.29, 1.82) is 0 Å². The van der Waals surface area contributed by atoms with Gasteiger partial charge in [0.25, 0.3) is 5.91 Å². The Balaban J connectivity index is 0.00000162. The molecule has 1 aromatic heterocycles. The van der Waals surface area contributed by atoms with E-state index in [1.54, 1.807) is 11.3 Å². The summed E-state index contributed by atoms with van der Waals surface area (Å²) in [6.07, 6.45) is 2.24. The average molecular weight is 354 g/mol. The molecule has 2 rings (SSSR count). The first-order valence-electron chi connectivity index (χ1n) is 5.88. The highest BCUT2D eigenvalue weighted by molar-refractivity contribution is 9.11. The van der Waals surface area contributed by atoms with Gasteiger partial charge < -0.3 is 10.6 Å². The van der Waals surface area contributed by atoms with E-state index in [-0.39, 0.29) is 24.4 Å². The lowest BCUT2D eigenvalue weighted by Gasteiger charge is -2.39. The van der Waals surface area contributed by atoms with E-state index in [1.807, 2.05) is 16.3 Å². The molecule has 102 valence electrons. The Kier molecular flexibility index (Phi) is 6.11. The normalized spacial score (nSPS) is 23.6. The molecule has 0 aliphatic carbocycles. The van der Waals surface area contributed by atoms with E-state index in [1.165, 1.54) is 6.42 Å². The van der Waals surface area contributed by atoms with E-state index >= 15 is 0 Å². The van der Waals surface area contributed by atoms with Gasteiger partial charge in [-0.25, -0.2) is 0 Å². The lowest BCUT2D eigenvalue weighted by Crippen LogP contribution is -2.51. The zero-order valence-corrected chi connectivity index (χ0v) is 13.5. The van der Waals surface area contributed by atoms with Gasteiger partial charge in [0.05, 0.1) is 9.35 Å². The van der Waals surface area contributed by atoms with Gasteiger partial charge in [-0.1, -0.05) is 6.92 Å². The molecular formula is C12H18BrClN2OS. The van der Waals surface area contributed by atoms with E-state index in [4.69, 9.17) is 5.73 Å². The van der Waals surface area contributed by atoms with Crippen molar-refractivity contribution >= 4 is 45.6 Å². The van der Waals surface area contributed by atoms with Crippen molar-refractivity contribution in [3.63, 3.8) is 0 Å². The van der Waals surface area contributed by atoms with Crippen LogP contribution in [0.25, 0.3) is 0 Å². The second-order valence-electron chi connectivity index (χ2n) is 4.56. The topological polar surface area (TPSA) is 46.3 Å². The minimum Gasteiger partial charge on any atom is -0.334 e. The molecular weight excluding hydrogens is 336 g/mol. The average Bonchev–Trinajstić information content (AvgIpc) is 2.74. The van der Waals surface area contributed by atoms with Gasteiger partial charge in [0.2, 0.25) is 0 Å². The Labute approximate surface area is 126 Å². The maximum atomic E-state index is 12.4. The van der Waals surface area contributed by atoms with Crippen LogP contribution in [0.5, 0.6) is 0 Å². The Morgan fingerprint density at radius 3 is 2.94 bits per heavy atom. The predicted octanol–water partition coefficient (Wildman–Crippen LogP) is 3.13. The van der Waals surface area contributed by atoms with Gasteiger partial charge in [0.1, 0.15) is 0 Å². The Bertz CT molecular complexity index is 413. The molecule has 6 heteroatoms. The second kappa shape index (κ2) is 6.89. The van der Waals surface area contributed by atoms with Crippen molar-refractivity contribution in [1.82, 2.24) is 4.90 Å². The first kappa shape index (κ1) is 16.0. The zero-order chi connectivity index (χ0) is 12.4. The zero-order valence-electron chi connectivity index (χ0n) is 10.3. The van der Waals surface area contributed by atoms with E-state index in [0.29, 0.717) is 12.5 Å². The van der Waals surface area contributed by atoms with E-state index < -0.39 is 0 Å². The summed E-state index contributed by atoms with van der Waals surface area (Å²) in [6.45, 7) is 3.57. The van der Waals surface area contributed by atoms with Crippen LogP contribution in [0, 0.1) is 5.92 Å². The van der Waals surface area contributed by atoms with E-state index in [0.717, 1.165) is 22.3 Å². The smallest absolute Gasteiger partial charge is 0.255 e. The first-order chi connectivity index (χ1) is 8.13. The molecule has 1 amide bonds. The van der Waals surface area contributed by atoms with Gasteiger partial charge in [-0.15, -0.1) is 23.7 Å². The Hall–Kier alpha value is -0.100. The Morgan fingerprint density at radius 2 is 2.39 bits per heavy atom. The van der Waals surface area contributed by atoms with Crippen LogP contribution in [0.1, 0.15) is 30.1 Å². The second-order valence-corrected chi connectivity index (χ2v) is 6.85. The number of carbonyl (C=O) groups excluding carboxylic acids is 1. The SMILES string of the molecule is CC1CCCN(C(=O)c2csc(Br)c2)C1CN.Cl. The summed E-state index contributed by atoms with van der Waals surface area (Å²) in [5, 5.41) is 1.90. The number of thiophene rings is 1. The fraction of sp³-hybridized carbons (Fsp3) is 0.583. The summed E-state index contributed by atoms with van der Waals surface area (Å²) in [6, 6.07) is 2.08. The Morgan fingerprint density at radius 1 is 1.67 bits per heavy atom. The number of hydrogen-bond acceptors (Lipinski definition) is 3. The number of carbonyl (C=O) groups is 1. The molecule has 1 saturated heterocycles. The monoisotopic (exact) mass is 352 g/mol. The lowest BCUT2D eigenvalue weighted by molar-refractivity contribution is 0.0533. The van der Waals surface area contributed by atoms with Crippen LogP contribution in [-0.4, -0.2) is 29.9 Å². The number of piperidine rings is 1. The molecule has 1 aromatic rings. The third-order valence-corrected chi connectivity index (χ3v) is 4.94. The molecule has 0 aromatic carbocycles. The van der Waals surface area contributed by atoms with Gasteiger partial charge >= 0.3 is 0 Å². The molecule has 0 spiro atoms. The lowest BCUT2D eigenvalue weighted by atomic mass is 9.90. The van der Waals surface area contributed by atoms with Crippen LogP contribution < -0.4 is 5.73 Å². The van der Waals surface area contributed by atoms with Crippen molar-refractivity contribution in [2.45, 2.75) is 25.8 Å². The van der Waals surface area contributed by atoms with Crippen LogP contribution in [-0.2, 0) is 0 Å². The molecule has 2 heterocycles. The van der Waals surface area contributed by atoms with Gasteiger partial charge in [0, 0.05) is 24.5 Å². The van der Waals surface area contributed by atoms with Crippen molar-refractivity contribution in [3.8, 4) is 0 Å². The van der Waals surface area contributed by atoms with E-state index in [2.05, 4.69) is 22.9 Å². The quantitative estimate of drug-likeness (QED) is 0.888. The first-order valence-corrected chi connectivity index (χ1v) is 7.56. The molecule has 3 nitrogen and oxygen atoms in total. The molecule has 2 atom stereocenters. The summed E-state index contributed by atoms with van der Waals surface area (Å²) >= 11 is 4.94. The van der Waals surface area contributed by atoms with Crippen molar-refractivity contribution in [2.24, 2.45) is 11.7 Å². The van der Waals surface area contributed by atoms with Crippen LogP contribution in [0.3, 0.4) is 0 Å². The van der Waals surface area contributed by atoms with Gasteiger partial charge in [0.15, 0.2) is 0 Å². The molecule has 1 aliphatic heterocycles. The highest BCUT2D eigenvalue weighted by atomic mass is 79.9. The molecule has 1 aliphatic rings. The summed E-state index contributed by atoms with van der Waals surface area (Å²) in [7, 11) is 0. The van der Waals surface area contributed by atoms with Crippen LogP contribution >= 0.6 is 39.7 Å². The summed E-state index contributed by atoms with van der Waals surface area (Å²) < 4.78 is 0.996. The highest BCUT2D eigenvalue weighted by Gasteiger charge is 2.31. The number of amides is 1. The number of nitrogens with zero attached hydrogens (tertiary/aromatic N) is 1. The van der Waals surface area contributed by atoms with Crippen molar-refractivity contribution < 1.29 is 4.79 Å². The summed E-state index contributed by atoms with van der Waals surface area (Å²) in [5.74, 6) is 0.619. The predicted molar refractivity (Wildman–Crippen MR) is 81.5 cm³/mol. The maximum absolute atomic E-state index is 12.4. The minimum atomic E-state index is 0. The third-order valence-electron chi connectivity index (χ3n) is 3.43. The summed E-state index contributed by atoms with van der Waals surface area (Å²) in [5.41, 5.74) is 6.58. The maximum Gasteiger partial charge on any atom is 0.255 e. The van der Waals surface area contributed by atoms with Crippen molar-refractivity contribution in [3.05, 3.63) is 20.8 Å². The van der Waals surface area contributed by atoms with Gasteiger partial charge in [-0.2, -0.15) is 0 Å². The number of likely N-dealkylation sites (tertiary alicyclic amines) is 1. The van der Waals surface area contributed by atoms with Crippen LogP contribution in [0.2, 0.25) is 0 Å². The molecule has 0 radical (unpaired) electrons. The molecule has 2 N–H and O–H groups in total. The van der Waals surface area contributed by atoms with Gasteiger partial charge in [-0.3, -0.25) is 4.79 Å². The third kappa shape index (κ3) is 3.26. The fourth-order valence-corrected chi connectivity index (χ4v) is 3.58. The van der Waals surface area contributed by atoms with Crippen LogP contribution in [0.15, 0.2) is 15.2 Å². The molecule has 2 unspecified atom stereocenters. The fourth-order valence-electron chi connectivity index (χ4n) is 2.45. The van der Waals surface area contributed by atoms with Crippen molar-refractivity contribution in [2.75, 3.05) is 13.1 Å². The standard InChI is InChI=1S/C12H17BrN2OS.ClH/c1-8-3-2-4-15(10(8)6-14)12(16)9-5-11(13)17-7-9;/h5,7-8,10H,2-4,6,14H2,1H3;1H. The largest absolute Gasteiger partial charge is 0.334 e. The number of nitrogens with two attached hydrogens (primary N) is 1.